The summed E-state index contributed by atoms with van der Waals surface area (Å²) in [6, 6.07) is -0.382. The lowest BCUT2D eigenvalue weighted by Crippen LogP contribution is -2.41. The molecule has 1 amide bonds. The fourth-order valence-electron chi connectivity index (χ4n) is 2.46. The Bertz CT molecular complexity index is 218. The normalized spacial score (nSPS) is 27.8. The molecular weight excluding hydrogens is 200 g/mol. The molecule has 1 aliphatic rings. The van der Waals surface area contributed by atoms with Crippen molar-refractivity contribution in [3.8, 4) is 0 Å². The molecule has 1 fully saturated rings. The first kappa shape index (κ1) is 13.5. The summed E-state index contributed by atoms with van der Waals surface area (Å²) in [6.07, 6.45) is 5.14. The molecule has 94 valence electrons. The molecule has 0 aliphatic heterocycles. The monoisotopic (exact) mass is 226 g/mol. The summed E-state index contributed by atoms with van der Waals surface area (Å²) < 4.78 is 0. The van der Waals surface area contributed by atoms with Gasteiger partial charge in [-0.2, -0.15) is 0 Å². The zero-order valence-corrected chi connectivity index (χ0v) is 10.8. The van der Waals surface area contributed by atoms with Gasteiger partial charge < -0.3 is 11.1 Å². The van der Waals surface area contributed by atoms with Crippen LogP contribution in [-0.2, 0) is 4.79 Å². The van der Waals surface area contributed by atoms with Crippen LogP contribution >= 0.6 is 0 Å². The van der Waals surface area contributed by atoms with Crippen molar-refractivity contribution in [3.05, 3.63) is 0 Å². The minimum absolute atomic E-state index is 0.0222. The molecule has 3 heteroatoms. The molecule has 0 heterocycles. The van der Waals surface area contributed by atoms with Gasteiger partial charge in [-0.25, -0.2) is 0 Å². The van der Waals surface area contributed by atoms with Gasteiger partial charge in [0.15, 0.2) is 0 Å². The summed E-state index contributed by atoms with van der Waals surface area (Å²) in [4.78, 5) is 11.3. The lowest BCUT2D eigenvalue weighted by atomic mass is 9.77. The zero-order chi connectivity index (χ0) is 12.1. The number of nitrogens with one attached hydrogen (secondary N) is 1. The first-order valence-electron chi connectivity index (χ1n) is 6.54. The molecule has 0 aromatic carbocycles. The topological polar surface area (TPSA) is 55.1 Å². The summed E-state index contributed by atoms with van der Waals surface area (Å²) in [5.41, 5.74) is 5.50. The molecule has 0 aromatic heterocycles. The summed E-state index contributed by atoms with van der Waals surface area (Å²) in [5, 5.41) is 2.93. The van der Waals surface area contributed by atoms with Crippen LogP contribution in [0.5, 0.6) is 0 Å². The number of nitrogens with two attached hydrogens (primary N) is 1. The van der Waals surface area contributed by atoms with Crippen LogP contribution in [0.25, 0.3) is 0 Å². The molecule has 0 bridgehead atoms. The second kappa shape index (κ2) is 6.24. The average molecular weight is 226 g/mol. The number of hydrogen-bond acceptors (Lipinski definition) is 2. The Labute approximate surface area is 99.2 Å². The molecule has 0 saturated heterocycles. The molecule has 0 spiro atoms. The maximum atomic E-state index is 11.3. The SMILES string of the molecule is CC(N)C(=O)NCC1CCC(C(C)C)CC1. The molecule has 16 heavy (non-hydrogen) atoms. The van der Waals surface area contributed by atoms with Crippen molar-refractivity contribution in [3.63, 3.8) is 0 Å². The predicted octanol–water partition coefficient (Wildman–Crippen LogP) is 1.91. The van der Waals surface area contributed by atoms with Crippen molar-refractivity contribution < 1.29 is 4.79 Å². The van der Waals surface area contributed by atoms with Gasteiger partial charge in [0, 0.05) is 6.54 Å². The van der Waals surface area contributed by atoms with Gasteiger partial charge >= 0.3 is 0 Å². The van der Waals surface area contributed by atoms with Crippen LogP contribution < -0.4 is 11.1 Å². The van der Waals surface area contributed by atoms with Gasteiger partial charge in [-0.3, -0.25) is 4.79 Å². The number of amides is 1. The van der Waals surface area contributed by atoms with Crippen molar-refractivity contribution in [1.29, 1.82) is 0 Å². The van der Waals surface area contributed by atoms with Crippen LogP contribution in [0.2, 0.25) is 0 Å². The maximum Gasteiger partial charge on any atom is 0.236 e. The van der Waals surface area contributed by atoms with Gasteiger partial charge in [0.1, 0.15) is 0 Å². The number of carbonyl (C=O) groups is 1. The summed E-state index contributed by atoms with van der Waals surface area (Å²) in [7, 11) is 0. The molecule has 3 N–H and O–H groups in total. The molecule has 1 atom stereocenters. The Morgan fingerprint density at radius 3 is 2.25 bits per heavy atom. The molecule has 1 aliphatic carbocycles. The third kappa shape index (κ3) is 4.12. The van der Waals surface area contributed by atoms with E-state index in [9.17, 15) is 4.79 Å². The van der Waals surface area contributed by atoms with E-state index in [1.54, 1.807) is 6.92 Å². The lowest BCUT2D eigenvalue weighted by Gasteiger charge is -2.31. The van der Waals surface area contributed by atoms with Crippen molar-refractivity contribution in [2.75, 3.05) is 6.54 Å². The minimum Gasteiger partial charge on any atom is -0.354 e. The number of carbonyl (C=O) groups excluding carboxylic acids is 1. The first-order chi connectivity index (χ1) is 7.50. The largest absolute Gasteiger partial charge is 0.354 e. The Balaban J connectivity index is 2.20. The van der Waals surface area contributed by atoms with Gasteiger partial charge in [-0.05, 0) is 50.4 Å². The van der Waals surface area contributed by atoms with Crippen LogP contribution in [0.1, 0.15) is 46.5 Å². The highest BCUT2D eigenvalue weighted by Gasteiger charge is 2.23. The van der Waals surface area contributed by atoms with E-state index in [4.69, 9.17) is 5.73 Å². The quantitative estimate of drug-likeness (QED) is 0.769. The van der Waals surface area contributed by atoms with Gasteiger partial charge in [0.25, 0.3) is 0 Å². The van der Waals surface area contributed by atoms with E-state index in [1.807, 2.05) is 0 Å². The van der Waals surface area contributed by atoms with Crippen molar-refractivity contribution in [1.82, 2.24) is 5.32 Å². The van der Waals surface area contributed by atoms with Crippen LogP contribution in [0.4, 0.5) is 0 Å². The van der Waals surface area contributed by atoms with E-state index in [0.29, 0.717) is 5.92 Å². The summed E-state index contributed by atoms with van der Waals surface area (Å²) in [6.45, 7) is 7.15. The molecule has 3 nitrogen and oxygen atoms in total. The van der Waals surface area contributed by atoms with E-state index in [1.165, 1.54) is 25.7 Å². The van der Waals surface area contributed by atoms with Gasteiger partial charge in [-0.15, -0.1) is 0 Å². The van der Waals surface area contributed by atoms with E-state index >= 15 is 0 Å². The molecule has 0 radical (unpaired) electrons. The maximum absolute atomic E-state index is 11.3. The van der Waals surface area contributed by atoms with Crippen molar-refractivity contribution in [2.24, 2.45) is 23.5 Å². The molecule has 1 saturated carbocycles. The Morgan fingerprint density at radius 1 is 1.25 bits per heavy atom. The number of rotatable bonds is 4. The molecule has 1 unspecified atom stereocenters. The van der Waals surface area contributed by atoms with Crippen LogP contribution in [0.15, 0.2) is 0 Å². The van der Waals surface area contributed by atoms with Gasteiger partial charge in [0.2, 0.25) is 5.91 Å². The fourth-order valence-corrected chi connectivity index (χ4v) is 2.46. The van der Waals surface area contributed by atoms with Crippen LogP contribution in [-0.4, -0.2) is 18.5 Å². The third-order valence-corrected chi connectivity index (χ3v) is 3.81. The highest BCUT2D eigenvalue weighted by molar-refractivity contribution is 5.80. The van der Waals surface area contributed by atoms with Crippen molar-refractivity contribution in [2.45, 2.75) is 52.5 Å². The molecule has 1 rings (SSSR count). The standard InChI is InChI=1S/C13H26N2O/c1-9(2)12-6-4-11(5-7-12)8-15-13(16)10(3)14/h9-12H,4-8,14H2,1-3H3,(H,15,16). The number of hydrogen-bond donors (Lipinski definition) is 2. The van der Waals surface area contributed by atoms with Gasteiger partial charge in [0.05, 0.1) is 6.04 Å². The summed E-state index contributed by atoms with van der Waals surface area (Å²) in [5.74, 6) is 2.34. The lowest BCUT2D eigenvalue weighted by molar-refractivity contribution is -0.122. The first-order valence-corrected chi connectivity index (χ1v) is 6.54. The van der Waals surface area contributed by atoms with E-state index in [0.717, 1.165) is 18.4 Å². The fraction of sp³-hybridized carbons (Fsp3) is 0.923. The van der Waals surface area contributed by atoms with E-state index in [-0.39, 0.29) is 11.9 Å². The average Bonchev–Trinajstić information content (AvgIpc) is 2.26. The van der Waals surface area contributed by atoms with Crippen LogP contribution in [0, 0.1) is 17.8 Å². The second-order valence-corrected chi connectivity index (χ2v) is 5.56. The third-order valence-electron chi connectivity index (χ3n) is 3.81. The smallest absolute Gasteiger partial charge is 0.236 e. The zero-order valence-electron chi connectivity index (χ0n) is 10.8. The predicted molar refractivity (Wildman–Crippen MR) is 66.9 cm³/mol. The Hall–Kier alpha value is -0.570. The highest BCUT2D eigenvalue weighted by atomic mass is 16.2. The van der Waals surface area contributed by atoms with Gasteiger partial charge in [-0.1, -0.05) is 13.8 Å². The second-order valence-electron chi connectivity index (χ2n) is 5.56. The summed E-state index contributed by atoms with van der Waals surface area (Å²) >= 11 is 0. The Morgan fingerprint density at radius 2 is 1.81 bits per heavy atom. The minimum atomic E-state index is -0.382. The molecular formula is C13H26N2O. The van der Waals surface area contributed by atoms with E-state index < -0.39 is 0 Å². The highest BCUT2D eigenvalue weighted by Crippen LogP contribution is 2.32. The van der Waals surface area contributed by atoms with Crippen molar-refractivity contribution >= 4 is 5.91 Å². The van der Waals surface area contributed by atoms with E-state index in [2.05, 4.69) is 19.2 Å². The molecule has 0 aromatic rings. The Kier molecular flexibility index (Phi) is 5.26. The van der Waals surface area contributed by atoms with Crippen LogP contribution in [0.3, 0.4) is 0 Å².